The topological polar surface area (TPSA) is 0 Å². The normalized spacial score (nSPS) is 12.1. The lowest BCUT2D eigenvalue weighted by molar-refractivity contribution is 1.67. The Morgan fingerprint density at radius 2 is 0.759 bits per heavy atom. The fourth-order valence-electron chi connectivity index (χ4n) is 8.95. The Labute approximate surface area is 319 Å². The maximum atomic E-state index is 2.40. The highest BCUT2D eigenvalue weighted by molar-refractivity contribution is 7.33. The van der Waals surface area contributed by atoms with Gasteiger partial charge in [0.25, 0.3) is 0 Å². The van der Waals surface area contributed by atoms with Gasteiger partial charge in [0.15, 0.2) is 0 Å². The number of fused-ring (bicyclic) bond motifs is 11. The standard InChI is InChI=1S/C52H30S2/c1-2-12-37-31(10-1)11-9-18-39(37)50-42-16-5-3-14-40(42)49(41-15-4-6-17-43(41)50)36-23-22-32-28-33(20-21-34(32)29-36)35-24-27-48-46(30-35)45-26-25-44-38-13-7-8-19-47(38)53-51(44)52(45)54-48/h1-30H. The van der Waals surface area contributed by atoms with E-state index in [-0.39, 0.29) is 0 Å². The summed E-state index contributed by atoms with van der Waals surface area (Å²) >= 11 is 3.84. The molecule has 10 aromatic carbocycles. The summed E-state index contributed by atoms with van der Waals surface area (Å²) < 4.78 is 5.51. The molecular weight excluding hydrogens is 689 g/mol. The van der Waals surface area contributed by atoms with E-state index in [0.717, 1.165) is 0 Å². The first kappa shape index (κ1) is 30.2. The predicted molar refractivity (Wildman–Crippen MR) is 239 cm³/mol. The zero-order valence-electron chi connectivity index (χ0n) is 29.1. The summed E-state index contributed by atoms with van der Waals surface area (Å²) in [5.41, 5.74) is 7.61. The van der Waals surface area contributed by atoms with Gasteiger partial charge in [0.1, 0.15) is 0 Å². The van der Waals surface area contributed by atoms with E-state index in [9.17, 15) is 0 Å². The minimum Gasteiger partial charge on any atom is -0.134 e. The molecule has 0 bridgehead atoms. The second-order valence-electron chi connectivity index (χ2n) is 14.4. The van der Waals surface area contributed by atoms with E-state index < -0.39 is 0 Å². The maximum absolute atomic E-state index is 2.40. The van der Waals surface area contributed by atoms with Crippen LogP contribution < -0.4 is 0 Å². The van der Waals surface area contributed by atoms with Gasteiger partial charge in [0, 0.05) is 30.9 Å². The molecule has 0 atom stereocenters. The van der Waals surface area contributed by atoms with Gasteiger partial charge in [-0.3, -0.25) is 0 Å². The quantitative estimate of drug-likeness (QED) is 0.160. The highest BCUT2D eigenvalue weighted by Crippen LogP contribution is 2.47. The molecule has 0 spiro atoms. The van der Waals surface area contributed by atoms with Crippen LogP contribution in [0.3, 0.4) is 0 Å². The van der Waals surface area contributed by atoms with Gasteiger partial charge < -0.3 is 0 Å². The van der Waals surface area contributed by atoms with Crippen molar-refractivity contribution < 1.29 is 0 Å². The van der Waals surface area contributed by atoms with Gasteiger partial charge in [-0.25, -0.2) is 0 Å². The van der Waals surface area contributed by atoms with E-state index in [4.69, 9.17) is 0 Å². The molecule has 2 aromatic heterocycles. The minimum atomic E-state index is 1.24. The Bertz CT molecular complexity index is 3440. The van der Waals surface area contributed by atoms with E-state index in [1.54, 1.807) is 0 Å². The van der Waals surface area contributed by atoms with Crippen LogP contribution in [0, 0.1) is 0 Å². The molecule has 0 aliphatic rings. The number of hydrogen-bond donors (Lipinski definition) is 0. The maximum Gasteiger partial charge on any atom is 0.0534 e. The monoisotopic (exact) mass is 718 g/mol. The Hall–Kier alpha value is -6.32. The summed E-state index contributed by atoms with van der Waals surface area (Å²) in [5.74, 6) is 0. The lowest BCUT2D eigenvalue weighted by atomic mass is 9.84. The smallest absolute Gasteiger partial charge is 0.0534 e. The molecular formula is C52H30S2. The third-order valence-corrected chi connectivity index (χ3v) is 14.0. The van der Waals surface area contributed by atoms with Crippen LogP contribution in [0.15, 0.2) is 182 Å². The highest BCUT2D eigenvalue weighted by atomic mass is 32.1. The van der Waals surface area contributed by atoms with E-state index in [1.807, 2.05) is 22.7 Å². The molecule has 0 N–H and O–H groups in total. The van der Waals surface area contributed by atoms with Crippen molar-refractivity contribution in [3.05, 3.63) is 182 Å². The first-order chi connectivity index (χ1) is 26.8. The number of benzene rings is 10. The molecule has 0 amide bonds. The second-order valence-corrected chi connectivity index (χ2v) is 16.5. The van der Waals surface area contributed by atoms with Gasteiger partial charge in [0.2, 0.25) is 0 Å². The molecule has 0 nitrogen and oxygen atoms in total. The first-order valence-electron chi connectivity index (χ1n) is 18.5. The van der Waals surface area contributed by atoms with Gasteiger partial charge in [-0.05, 0) is 107 Å². The van der Waals surface area contributed by atoms with E-state index in [0.29, 0.717) is 0 Å². The van der Waals surface area contributed by atoms with Crippen LogP contribution in [0.4, 0.5) is 0 Å². The Morgan fingerprint density at radius 1 is 0.259 bits per heavy atom. The van der Waals surface area contributed by atoms with Crippen LogP contribution in [-0.4, -0.2) is 0 Å². The average Bonchev–Trinajstić information content (AvgIpc) is 3.81. The van der Waals surface area contributed by atoms with Gasteiger partial charge in [-0.15, -0.1) is 22.7 Å². The van der Waals surface area contributed by atoms with Crippen molar-refractivity contribution in [1.29, 1.82) is 0 Å². The van der Waals surface area contributed by atoms with Gasteiger partial charge in [-0.2, -0.15) is 0 Å². The third kappa shape index (κ3) is 4.42. The molecule has 12 aromatic rings. The second kappa shape index (κ2) is 11.6. The van der Waals surface area contributed by atoms with Crippen LogP contribution in [0.2, 0.25) is 0 Å². The average molecular weight is 719 g/mol. The number of thiophene rings is 2. The summed E-state index contributed by atoms with van der Waals surface area (Å²) in [6.45, 7) is 0. The molecule has 250 valence electrons. The Morgan fingerprint density at radius 3 is 1.48 bits per heavy atom. The number of rotatable bonds is 3. The minimum absolute atomic E-state index is 1.24. The molecule has 0 aliphatic heterocycles. The largest absolute Gasteiger partial charge is 0.134 e. The fourth-order valence-corrected chi connectivity index (χ4v) is 11.5. The summed E-state index contributed by atoms with van der Waals surface area (Å²) in [6.07, 6.45) is 0. The third-order valence-electron chi connectivity index (χ3n) is 11.4. The molecule has 0 saturated carbocycles. The molecule has 0 aliphatic carbocycles. The SMILES string of the molecule is c1ccc2c(-c3c4ccccc4c(-c4ccc5cc(-c6ccc7sc8c(ccc9c%10ccccc%10sc98)c7c6)ccc5c4)c4ccccc34)cccc2c1. The first-order valence-corrected chi connectivity index (χ1v) is 20.1. The van der Waals surface area contributed by atoms with Gasteiger partial charge in [-0.1, -0.05) is 152 Å². The molecule has 0 saturated heterocycles. The number of hydrogen-bond acceptors (Lipinski definition) is 2. The van der Waals surface area contributed by atoms with Crippen molar-refractivity contribution in [2.24, 2.45) is 0 Å². The van der Waals surface area contributed by atoms with Gasteiger partial charge >= 0.3 is 0 Å². The van der Waals surface area contributed by atoms with Crippen molar-refractivity contribution in [1.82, 2.24) is 0 Å². The van der Waals surface area contributed by atoms with E-state index >= 15 is 0 Å². The van der Waals surface area contributed by atoms with E-state index in [1.165, 1.54) is 117 Å². The molecule has 0 unspecified atom stereocenters. The zero-order chi connectivity index (χ0) is 35.3. The molecule has 2 heterocycles. The molecule has 2 heteroatoms. The van der Waals surface area contributed by atoms with Gasteiger partial charge in [0.05, 0.1) is 9.40 Å². The zero-order valence-corrected chi connectivity index (χ0v) is 30.8. The van der Waals surface area contributed by atoms with Crippen molar-refractivity contribution >= 4 is 106 Å². The van der Waals surface area contributed by atoms with Crippen molar-refractivity contribution in [2.45, 2.75) is 0 Å². The van der Waals surface area contributed by atoms with Crippen molar-refractivity contribution in [2.75, 3.05) is 0 Å². The highest BCUT2D eigenvalue weighted by Gasteiger charge is 2.19. The van der Waals surface area contributed by atoms with Crippen LogP contribution in [-0.2, 0) is 0 Å². The fraction of sp³-hybridized carbons (Fsp3) is 0. The molecule has 0 fully saturated rings. The Balaban J connectivity index is 0.996. The summed E-state index contributed by atoms with van der Waals surface area (Å²) in [6, 6.07) is 67.8. The van der Waals surface area contributed by atoms with Crippen LogP contribution in [0.5, 0.6) is 0 Å². The Kier molecular flexibility index (Phi) is 6.48. The summed E-state index contributed by atoms with van der Waals surface area (Å²) in [5, 5.41) is 15.6. The van der Waals surface area contributed by atoms with Crippen molar-refractivity contribution in [3.63, 3.8) is 0 Å². The lowest BCUT2D eigenvalue weighted by Gasteiger charge is -2.19. The predicted octanol–water partition coefficient (Wildman–Crippen LogP) is 16.0. The van der Waals surface area contributed by atoms with Crippen molar-refractivity contribution in [3.8, 4) is 33.4 Å². The van der Waals surface area contributed by atoms with Crippen LogP contribution >= 0.6 is 22.7 Å². The lowest BCUT2D eigenvalue weighted by Crippen LogP contribution is -1.91. The van der Waals surface area contributed by atoms with Crippen LogP contribution in [0.25, 0.3) is 117 Å². The molecule has 54 heavy (non-hydrogen) atoms. The van der Waals surface area contributed by atoms with Crippen LogP contribution in [0.1, 0.15) is 0 Å². The summed E-state index contributed by atoms with van der Waals surface area (Å²) in [7, 11) is 0. The molecule has 12 rings (SSSR count). The summed E-state index contributed by atoms with van der Waals surface area (Å²) in [4.78, 5) is 0. The van der Waals surface area contributed by atoms with E-state index in [2.05, 4.69) is 182 Å². The molecule has 0 radical (unpaired) electrons.